The molecular formula is C15H14F2N2O2. The second-order valence-electron chi connectivity index (χ2n) is 4.34. The Morgan fingerprint density at radius 1 is 1.14 bits per heavy atom. The molecule has 0 saturated heterocycles. The highest BCUT2D eigenvalue weighted by Gasteiger charge is 2.08. The van der Waals surface area contributed by atoms with Crippen LogP contribution in [0, 0.1) is 17.0 Å². The molecular weight excluding hydrogens is 278 g/mol. The molecule has 0 amide bonds. The van der Waals surface area contributed by atoms with Crippen molar-refractivity contribution < 1.29 is 18.3 Å². The van der Waals surface area contributed by atoms with Gasteiger partial charge in [-0.15, -0.1) is 0 Å². The zero-order valence-corrected chi connectivity index (χ0v) is 11.3. The topological polar surface area (TPSA) is 68.3 Å². The van der Waals surface area contributed by atoms with Crippen LogP contribution >= 0.6 is 0 Å². The van der Waals surface area contributed by atoms with E-state index >= 15 is 0 Å². The molecule has 0 aliphatic rings. The first-order valence-corrected chi connectivity index (χ1v) is 6.10. The SMILES string of the molecule is COc1ccc(COc2cc(F)cc(F)c2)cc1C(=N)N. The summed E-state index contributed by atoms with van der Waals surface area (Å²) in [6, 6.07) is 7.98. The van der Waals surface area contributed by atoms with Gasteiger partial charge in [0.2, 0.25) is 0 Å². The van der Waals surface area contributed by atoms with Crippen LogP contribution in [0.4, 0.5) is 8.78 Å². The average Bonchev–Trinajstić information content (AvgIpc) is 2.43. The van der Waals surface area contributed by atoms with Crippen molar-refractivity contribution in [1.82, 2.24) is 0 Å². The molecule has 3 N–H and O–H groups in total. The highest BCUT2D eigenvalue weighted by atomic mass is 19.1. The summed E-state index contributed by atoms with van der Waals surface area (Å²) in [5.74, 6) is -0.977. The molecule has 0 aromatic heterocycles. The number of methoxy groups -OCH3 is 1. The second kappa shape index (κ2) is 6.21. The van der Waals surface area contributed by atoms with Crippen LogP contribution in [0.1, 0.15) is 11.1 Å². The van der Waals surface area contributed by atoms with Crippen molar-refractivity contribution in [3.63, 3.8) is 0 Å². The van der Waals surface area contributed by atoms with Crippen molar-refractivity contribution in [2.24, 2.45) is 5.73 Å². The number of nitrogen functional groups attached to an aromatic ring is 1. The van der Waals surface area contributed by atoms with E-state index in [1.54, 1.807) is 18.2 Å². The van der Waals surface area contributed by atoms with Crippen LogP contribution < -0.4 is 15.2 Å². The van der Waals surface area contributed by atoms with Crippen LogP contribution in [-0.4, -0.2) is 12.9 Å². The van der Waals surface area contributed by atoms with Gasteiger partial charge < -0.3 is 15.2 Å². The van der Waals surface area contributed by atoms with E-state index < -0.39 is 11.6 Å². The number of hydrogen-bond acceptors (Lipinski definition) is 3. The lowest BCUT2D eigenvalue weighted by molar-refractivity contribution is 0.302. The highest BCUT2D eigenvalue weighted by molar-refractivity contribution is 5.97. The molecule has 0 fully saturated rings. The van der Waals surface area contributed by atoms with Gasteiger partial charge in [-0.3, -0.25) is 5.41 Å². The summed E-state index contributed by atoms with van der Waals surface area (Å²) in [6.45, 7) is 0.0904. The molecule has 21 heavy (non-hydrogen) atoms. The van der Waals surface area contributed by atoms with Crippen molar-refractivity contribution in [3.05, 3.63) is 59.2 Å². The van der Waals surface area contributed by atoms with Crippen LogP contribution in [0.3, 0.4) is 0 Å². The summed E-state index contributed by atoms with van der Waals surface area (Å²) in [4.78, 5) is 0. The maximum absolute atomic E-state index is 13.0. The molecule has 2 rings (SSSR count). The first-order valence-electron chi connectivity index (χ1n) is 6.10. The lowest BCUT2D eigenvalue weighted by atomic mass is 10.1. The number of halogens is 2. The van der Waals surface area contributed by atoms with E-state index in [1.807, 2.05) is 0 Å². The van der Waals surface area contributed by atoms with E-state index in [-0.39, 0.29) is 18.2 Å². The molecule has 0 spiro atoms. The molecule has 2 aromatic carbocycles. The predicted octanol–water partition coefficient (Wildman–Crippen LogP) is 2.84. The molecule has 0 bridgehead atoms. The van der Waals surface area contributed by atoms with Gasteiger partial charge in [-0.1, -0.05) is 6.07 Å². The smallest absolute Gasteiger partial charge is 0.129 e. The number of rotatable bonds is 5. The molecule has 0 aliphatic heterocycles. The van der Waals surface area contributed by atoms with Gasteiger partial charge in [-0.25, -0.2) is 8.78 Å². The maximum atomic E-state index is 13.0. The van der Waals surface area contributed by atoms with Gasteiger partial charge in [-0.2, -0.15) is 0 Å². The van der Waals surface area contributed by atoms with E-state index in [0.717, 1.165) is 18.2 Å². The number of nitrogens with one attached hydrogen (secondary N) is 1. The summed E-state index contributed by atoms with van der Waals surface area (Å²) in [6.07, 6.45) is 0. The van der Waals surface area contributed by atoms with E-state index in [2.05, 4.69) is 0 Å². The monoisotopic (exact) mass is 292 g/mol. The van der Waals surface area contributed by atoms with E-state index in [4.69, 9.17) is 20.6 Å². The van der Waals surface area contributed by atoms with Crippen molar-refractivity contribution >= 4 is 5.84 Å². The van der Waals surface area contributed by atoms with Crippen molar-refractivity contribution in [3.8, 4) is 11.5 Å². The fourth-order valence-corrected chi connectivity index (χ4v) is 1.83. The van der Waals surface area contributed by atoms with Crippen molar-refractivity contribution in [2.45, 2.75) is 6.61 Å². The number of nitrogens with two attached hydrogens (primary N) is 1. The van der Waals surface area contributed by atoms with E-state index in [1.165, 1.54) is 7.11 Å². The quantitative estimate of drug-likeness (QED) is 0.657. The van der Waals surface area contributed by atoms with E-state index in [0.29, 0.717) is 16.9 Å². The predicted molar refractivity (Wildman–Crippen MR) is 74.7 cm³/mol. The highest BCUT2D eigenvalue weighted by Crippen LogP contribution is 2.21. The van der Waals surface area contributed by atoms with Gasteiger partial charge in [0.1, 0.15) is 35.6 Å². The van der Waals surface area contributed by atoms with Crippen LogP contribution in [0.5, 0.6) is 11.5 Å². The molecule has 0 unspecified atom stereocenters. The zero-order chi connectivity index (χ0) is 15.4. The summed E-state index contributed by atoms with van der Waals surface area (Å²) in [5, 5.41) is 7.49. The first-order chi connectivity index (χ1) is 9.99. The number of ether oxygens (including phenoxy) is 2. The van der Waals surface area contributed by atoms with Crippen LogP contribution in [0.15, 0.2) is 36.4 Å². The van der Waals surface area contributed by atoms with Crippen LogP contribution in [0.2, 0.25) is 0 Å². The Labute approximate surface area is 120 Å². The summed E-state index contributed by atoms with van der Waals surface area (Å²) in [5.41, 5.74) is 6.60. The van der Waals surface area contributed by atoms with Gasteiger partial charge in [0.15, 0.2) is 0 Å². The minimum absolute atomic E-state index is 0.0904. The summed E-state index contributed by atoms with van der Waals surface area (Å²) < 4.78 is 36.5. The molecule has 0 heterocycles. The standard InChI is InChI=1S/C15H14F2N2O2/c1-20-14-3-2-9(4-13(14)15(18)19)8-21-12-6-10(16)5-11(17)7-12/h2-7H,8H2,1H3,(H3,18,19). The Bertz CT molecular complexity index is 654. The molecule has 2 aromatic rings. The van der Waals surface area contributed by atoms with Crippen molar-refractivity contribution in [1.29, 1.82) is 5.41 Å². The summed E-state index contributed by atoms with van der Waals surface area (Å²) >= 11 is 0. The second-order valence-corrected chi connectivity index (χ2v) is 4.34. The molecule has 0 saturated carbocycles. The largest absolute Gasteiger partial charge is 0.496 e. The number of hydrogen-bond donors (Lipinski definition) is 2. The molecule has 4 nitrogen and oxygen atoms in total. The Morgan fingerprint density at radius 3 is 2.38 bits per heavy atom. The third-order valence-corrected chi connectivity index (χ3v) is 2.80. The van der Waals surface area contributed by atoms with Crippen LogP contribution in [-0.2, 0) is 6.61 Å². The Balaban J connectivity index is 2.16. The van der Waals surface area contributed by atoms with Gasteiger partial charge in [-0.05, 0) is 17.7 Å². The Morgan fingerprint density at radius 2 is 1.81 bits per heavy atom. The third-order valence-electron chi connectivity index (χ3n) is 2.80. The molecule has 0 radical (unpaired) electrons. The van der Waals surface area contributed by atoms with Crippen LogP contribution in [0.25, 0.3) is 0 Å². The lowest BCUT2D eigenvalue weighted by Crippen LogP contribution is -2.13. The maximum Gasteiger partial charge on any atom is 0.129 e. The number of benzene rings is 2. The molecule has 110 valence electrons. The first kappa shape index (κ1) is 14.8. The molecule has 6 heteroatoms. The molecule has 0 atom stereocenters. The Hall–Kier alpha value is -2.63. The lowest BCUT2D eigenvalue weighted by Gasteiger charge is -2.11. The normalized spacial score (nSPS) is 10.2. The van der Waals surface area contributed by atoms with Crippen molar-refractivity contribution in [2.75, 3.05) is 7.11 Å². The fourth-order valence-electron chi connectivity index (χ4n) is 1.83. The average molecular weight is 292 g/mol. The third kappa shape index (κ3) is 3.68. The number of amidine groups is 1. The van der Waals surface area contributed by atoms with Gasteiger partial charge in [0, 0.05) is 18.2 Å². The van der Waals surface area contributed by atoms with Gasteiger partial charge in [0.05, 0.1) is 12.7 Å². The van der Waals surface area contributed by atoms with Gasteiger partial charge in [0.25, 0.3) is 0 Å². The minimum atomic E-state index is -0.704. The van der Waals surface area contributed by atoms with Gasteiger partial charge >= 0.3 is 0 Å². The fraction of sp³-hybridized carbons (Fsp3) is 0.133. The summed E-state index contributed by atoms with van der Waals surface area (Å²) in [7, 11) is 1.48. The molecule has 0 aliphatic carbocycles. The van der Waals surface area contributed by atoms with E-state index in [9.17, 15) is 8.78 Å². The zero-order valence-electron chi connectivity index (χ0n) is 11.3. The Kier molecular flexibility index (Phi) is 4.37. The minimum Gasteiger partial charge on any atom is -0.496 e.